The number of hydrogen-bond donors (Lipinski definition) is 3. The number of aliphatic hydroxyl groups is 1. The molecule has 0 rings (SSSR count). The summed E-state index contributed by atoms with van der Waals surface area (Å²) in [6.45, 7) is 9.67. The van der Waals surface area contributed by atoms with Crippen molar-refractivity contribution in [3.8, 4) is 0 Å². The lowest BCUT2D eigenvalue weighted by molar-refractivity contribution is -0.161. The number of carbonyl (C=O) groups excluding carboxylic acids is 4. The van der Waals surface area contributed by atoms with E-state index in [1.165, 1.54) is 244 Å². The second kappa shape index (κ2) is 72.6. The molecule has 0 aromatic carbocycles. The molecule has 100 heavy (non-hydrogen) atoms. The zero-order valence-electron chi connectivity index (χ0n) is 65.5. The first-order chi connectivity index (χ1) is 48.4. The van der Waals surface area contributed by atoms with Crippen LogP contribution >= 0.6 is 15.6 Å². The summed E-state index contributed by atoms with van der Waals surface area (Å²) in [7, 11) is -9.92. The third-order valence-corrected chi connectivity index (χ3v) is 20.9. The molecule has 0 aliphatic heterocycles. The summed E-state index contributed by atoms with van der Waals surface area (Å²) in [5, 5.41) is 10.6. The van der Waals surface area contributed by atoms with Gasteiger partial charge in [0, 0.05) is 25.7 Å². The van der Waals surface area contributed by atoms with Crippen molar-refractivity contribution in [1.29, 1.82) is 0 Å². The third-order valence-electron chi connectivity index (χ3n) is 19.0. The van der Waals surface area contributed by atoms with Gasteiger partial charge in [0.1, 0.15) is 19.3 Å². The van der Waals surface area contributed by atoms with E-state index >= 15 is 0 Å². The molecule has 0 heterocycles. The smallest absolute Gasteiger partial charge is 0.462 e. The molecule has 2 unspecified atom stereocenters. The SMILES string of the molecule is CCCCCCCCCCCCCCCCCCC(=O)OC[C@H](COP(=O)(O)OC[C@@H](O)COP(=O)(O)OC[C@@H](COC(=O)CCCCCCCCCCCCC)OC(=O)CCCCCCCCCCCCCCC(C)C)OC(=O)CCCCCCCCCCCCCCCCCC(C)C. The standard InChI is InChI=1S/C81H158O17P2/c1-7-9-11-13-15-17-19-20-21-24-27-34-40-46-52-58-64-79(84)92-70-77(97-80(85)65-59-53-47-41-35-28-25-22-23-26-32-37-43-49-55-61-73(3)4)72-96-100(89,90)94-68-75(82)67-93-99(87,88)95-71-76(69-91-78(83)63-57-51-45-39-31-18-16-14-12-10-8-2)98-81(86)66-60-54-48-42-36-30-29-33-38-44-50-56-62-74(5)6/h73-77,82H,7-72H2,1-6H3,(H,87,88)(H,89,90)/t75-,76+,77+/m0/s1. The Balaban J connectivity index is 5.25. The highest BCUT2D eigenvalue weighted by Gasteiger charge is 2.30. The minimum Gasteiger partial charge on any atom is -0.462 e. The molecule has 0 aliphatic rings. The maximum Gasteiger partial charge on any atom is 0.472 e. The molecule has 0 bridgehead atoms. The molecule has 0 amide bonds. The molecule has 0 aliphatic carbocycles. The average molecular weight is 1470 g/mol. The van der Waals surface area contributed by atoms with Crippen molar-refractivity contribution in [1.82, 2.24) is 0 Å². The summed E-state index contributed by atoms with van der Waals surface area (Å²) in [5.74, 6) is -0.527. The van der Waals surface area contributed by atoms with E-state index in [2.05, 4.69) is 41.5 Å². The molecule has 0 saturated heterocycles. The highest BCUT2D eigenvalue weighted by molar-refractivity contribution is 7.47. The van der Waals surface area contributed by atoms with Gasteiger partial charge in [0.15, 0.2) is 12.2 Å². The maximum atomic E-state index is 13.1. The normalized spacial score (nSPS) is 13.9. The topological polar surface area (TPSA) is 237 Å². The lowest BCUT2D eigenvalue weighted by atomic mass is 10.0. The fraction of sp³-hybridized carbons (Fsp3) is 0.951. The van der Waals surface area contributed by atoms with Gasteiger partial charge in [-0.2, -0.15) is 0 Å². The number of phosphoric ester groups is 2. The van der Waals surface area contributed by atoms with E-state index < -0.39 is 97.5 Å². The highest BCUT2D eigenvalue weighted by Crippen LogP contribution is 2.45. The number of carbonyl (C=O) groups is 4. The Morgan fingerprint density at radius 3 is 0.680 bits per heavy atom. The zero-order valence-corrected chi connectivity index (χ0v) is 67.3. The lowest BCUT2D eigenvalue weighted by Gasteiger charge is -2.21. The van der Waals surface area contributed by atoms with E-state index in [-0.39, 0.29) is 25.7 Å². The Labute approximate surface area is 613 Å². The van der Waals surface area contributed by atoms with E-state index in [0.717, 1.165) is 102 Å². The number of rotatable bonds is 80. The number of esters is 4. The van der Waals surface area contributed by atoms with Crippen molar-refractivity contribution < 1.29 is 80.2 Å². The van der Waals surface area contributed by atoms with Gasteiger partial charge in [-0.3, -0.25) is 37.3 Å². The highest BCUT2D eigenvalue weighted by atomic mass is 31.2. The van der Waals surface area contributed by atoms with Crippen LogP contribution in [-0.4, -0.2) is 96.7 Å². The van der Waals surface area contributed by atoms with Crippen LogP contribution in [-0.2, 0) is 65.4 Å². The van der Waals surface area contributed by atoms with Crippen LogP contribution < -0.4 is 0 Å². The van der Waals surface area contributed by atoms with Crippen molar-refractivity contribution >= 4 is 39.5 Å². The predicted molar refractivity (Wildman–Crippen MR) is 409 cm³/mol. The Morgan fingerprint density at radius 1 is 0.270 bits per heavy atom. The van der Waals surface area contributed by atoms with Gasteiger partial charge in [-0.25, -0.2) is 9.13 Å². The molecule has 0 spiro atoms. The summed E-state index contributed by atoms with van der Waals surface area (Å²) in [4.78, 5) is 73.0. The average Bonchev–Trinajstić information content (AvgIpc) is 0.963. The first-order valence-corrected chi connectivity index (χ1v) is 45.0. The molecule has 0 aromatic rings. The van der Waals surface area contributed by atoms with Crippen LogP contribution in [0.1, 0.15) is 427 Å². The van der Waals surface area contributed by atoms with E-state index in [0.29, 0.717) is 25.7 Å². The van der Waals surface area contributed by atoms with Crippen LogP contribution in [0.5, 0.6) is 0 Å². The molecule has 594 valence electrons. The van der Waals surface area contributed by atoms with Gasteiger partial charge in [-0.1, -0.05) is 375 Å². The van der Waals surface area contributed by atoms with Crippen LogP contribution in [0.2, 0.25) is 0 Å². The van der Waals surface area contributed by atoms with Crippen LogP contribution in [0.3, 0.4) is 0 Å². The second-order valence-electron chi connectivity index (χ2n) is 30.1. The van der Waals surface area contributed by atoms with Gasteiger partial charge >= 0.3 is 39.5 Å². The van der Waals surface area contributed by atoms with Gasteiger partial charge < -0.3 is 33.8 Å². The van der Waals surface area contributed by atoms with Gasteiger partial charge in [0.2, 0.25) is 0 Å². The van der Waals surface area contributed by atoms with E-state index in [1.807, 2.05) is 0 Å². The number of aliphatic hydroxyl groups excluding tert-OH is 1. The van der Waals surface area contributed by atoms with Gasteiger partial charge in [0.25, 0.3) is 0 Å². The summed E-state index contributed by atoms with van der Waals surface area (Å²) < 4.78 is 68.7. The summed E-state index contributed by atoms with van der Waals surface area (Å²) >= 11 is 0. The number of phosphoric acid groups is 2. The van der Waals surface area contributed by atoms with Crippen LogP contribution in [0.15, 0.2) is 0 Å². The van der Waals surface area contributed by atoms with Crippen LogP contribution in [0, 0.1) is 11.8 Å². The van der Waals surface area contributed by atoms with Gasteiger partial charge in [-0.05, 0) is 37.5 Å². The summed E-state index contributed by atoms with van der Waals surface area (Å²) in [5.41, 5.74) is 0. The minimum atomic E-state index is -4.96. The zero-order chi connectivity index (χ0) is 73.5. The quantitative estimate of drug-likeness (QED) is 0.0222. The van der Waals surface area contributed by atoms with Crippen molar-refractivity contribution in [3.05, 3.63) is 0 Å². The number of unbranched alkanes of at least 4 members (excludes halogenated alkanes) is 50. The van der Waals surface area contributed by atoms with Crippen molar-refractivity contribution in [3.63, 3.8) is 0 Å². The first-order valence-electron chi connectivity index (χ1n) is 42.0. The van der Waals surface area contributed by atoms with Crippen molar-refractivity contribution in [2.45, 2.75) is 445 Å². The molecular formula is C81H158O17P2. The fourth-order valence-corrected chi connectivity index (χ4v) is 14.1. The predicted octanol–water partition coefficient (Wildman–Crippen LogP) is 24.3. The first kappa shape index (κ1) is 98.1. The Kier molecular flexibility index (Phi) is 71.2. The van der Waals surface area contributed by atoms with Crippen LogP contribution in [0.25, 0.3) is 0 Å². The number of hydrogen-bond acceptors (Lipinski definition) is 15. The van der Waals surface area contributed by atoms with Crippen molar-refractivity contribution in [2.75, 3.05) is 39.6 Å². The van der Waals surface area contributed by atoms with E-state index in [9.17, 15) is 43.2 Å². The molecular weight excluding hydrogens is 1310 g/mol. The molecule has 0 aromatic heterocycles. The Morgan fingerprint density at radius 2 is 0.460 bits per heavy atom. The van der Waals surface area contributed by atoms with Crippen molar-refractivity contribution in [2.24, 2.45) is 11.8 Å². The molecule has 3 N–H and O–H groups in total. The maximum absolute atomic E-state index is 13.1. The number of ether oxygens (including phenoxy) is 4. The molecule has 0 fully saturated rings. The van der Waals surface area contributed by atoms with E-state index in [1.54, 1.807) is 0 Å². The molecule has 5 atom stereocenters. The minimum absolute atomic E-state index is 0.107. The molecule has 0 radical (unpaired) electrons. The second-order valence-corrected chi connectivity index (χ2v) is 33.0. The summed E-state index contributed by atoms with van der Waals surface area (Å²) in [6, 6.07) is 0. The fourth-order valence-electron chi connectivity index (χ4n) is 12.5. The third kappa shape index (κ3) is 74.3. The van der Waals surface area contributed by atoms with E-state index in [4.69, 9.17) is 37.0 Å². The molecule has 0 saturated carbocycles. The molecule has 17 nitrogen and oxygen atoms in total. The van der Waals surface area contributed by atoms with Crippen LogP contribution in [0.4, 0.5) is 0 Å². The molecule has 19 heteroatoms. The summed E-state index contributed by atoms with van der Waals surface area (Å²) in [6.07, 6.45) is 62.3. The monoisotopic (exact) mass is 1470 g/mol. The van der Waals surface area contributed by atoms with Gasteiger partial charge in [0.05, 0.1) is 26.4 Å². The lowest BCUT2D eigenvalue weighted by Crippen LogP contribution is -2.30. The van der Waals surface area contributed by atoms with Gasteiger partial charge in [-0.15, -0.1) is 0 Å². The Hall–Kier alpha value is -1.94. The Bertz CT molecular complexity index is 1920. The largest absolute Gasteiger partial charge is 0.472 e.